The maximum Gasteiger partial charge on any atom is 0.255 e. The number of imide groups is 1. The highest BCUT2D eigenvalue weighted by atomic mass is 32.2. The molecule has 1 N–H and O–H groups in total. The van der Waals surface area contributed by atoms with E-state index in [1.165, 1.54) is 11.0 Å². The fourth-order valence-corrected chi connectivity index (χ4v) is 6.69. The lowest BCUT2D eigenvalue weighted by molar-refractivity contribution is -0.136. The molecule has 214 valence electrons. The molecule has 1 aromatic heterocycles. The minimum atomic E-state index is -0.672. The molecule has 4 heterocycles. The van der Waals surface area contributed by atoms with Crippen LogP contribution < -0.4 is 15.0 Å². The van der Waals surface area contributed by atoms with Crippen LogP contribution in [0, 0.1) is 17.1 Å². The maximum atomic E-state index is 14.4. The topological polar surface area (TPSA) is 116 Å². The number of amides is 3. The molecule has 0 aliphatic carbocycles. The van der Waals surface area contributed by atoms with E-state index in [1.54, 1.807) is 42.2 Å². The Morgan fingerprint density at radius 2 is 1.93 bits per heavy atom. The number of carbonyl (C=O) groups is 3. The largest absolute Gasteiger partial charge is 0.488 e. The maximum absolute atomic E-state index is 14.4. The number of ether oxygens (including phenoxy) is 1. The molecule has 0 spiro atoms. The number of piperidine rings is 2. The minimum Gasteiger partial charge on any atom is -0.488 e. The van der Waals surface area contributed by atoms with Crippen LogP contribution in [0.4, 0.5) is 10.1 Å². The van der Waals surface area contributed by atoms with Gasteiger partial charge >= 0.3 is 0 Å². The molecule has 2 saturated heterocycles. The van der Waals surface area contributed by atoms with Gasteiger partial charge in [-0.3, -0.25) is 19.7 Å². The van der Waals surface area contributed by atoms with Crippen LogP contribution in [0.1, 0.15) is 52.7 Å². The van der Waals surface area contributed by atoms with Gasteiger partial charge < -0.3 is 14.5 Å². The first-order chi connectivity index (χ1) is 20.4. The van der Waals surface area contributed by atoms with E-state index >= 15 is 0 Å². The average molecular weight is 586 g/mol. The van der Waals surface area contributed by atoms with Crippen molar-refractivity contribution in [1.82, 2.24) is 15.2 Å². The number of aromatic nitrogens is 1. The third kappa shape index (κ3) is 5.67. The van der Waals surface area contributed by atoms with Crippen molar-refractivity contribution in [2.24, 2.45) is 0 Å². The van der Waals surface area contributed by atoms with Crippen LogP contribution >= 0.6 is 11.8 Å². The summed E-state index contributed by atoms with van der Waals surface area (Å²) in [5.74, 6) is -0.771. The molecule has 0 bridgehead atoms. The molecule has 2 aromatic carbocycles. The molecule has 6 rings (SSSR count). The zero-order valence-corrected chi connectivity index (χ0v) is 23.5. The second-order valence-electron chi connectivity index (χ2n) is 10.6. The van der Waals surface area contributed by atoms with Gasteiger partial charge in [0.1, 0.15) is 24.2 Å². The summed E-state index contributed by atoms with van der Waals surface area (Å²) >= 11 is 1.71. The van der Waals surface area contributed by atoms with E-state index in [0.717, 1.165) is 42.1 Å². The molecular weight excluding hydrogens is 557 g/mol. The average Bonchev–Trinajstić information content (AvgIpc) is 3.33. The number of hydrogen-bond acceptors (Lipinski definition) is 8. The van der Waals surface area contributed by atoms with E-state index in [9.17, 15) is 18.8 Å². The van der Waals surface area contributed by atoms with Crippen molar-refractivity contribution >= 4 is 35.2 Å². The van der Waals surface area contributed by atoms with Gasteiger partial charge in [0.15, 0.2) is 0 Å². The molecule has 3 aliphatic heterocycles. The standard InChI is InChI=1S/C31H28FN5O4S/c32-24-14-19(15-33)4-6-25(24)36-12-10-21(11-13-36)42-29-9-5-20(16-34-29)18-41-27-3-1-2-22-23(27)17-37(31(22)40)26-7-8-28(38)35-30(26)39/h1-6,9,14,16,21,26H,7-8,10-13,17-18H2,(H,35,38,39). The molecule has 2 fully saturated rings. The molecule has 9 nitrogen and oxygen atoms in total. The zero-order valence-electron chi connectivity index (χ0n) is 22.7. The summed E-state index contributed by atoms with van der Waals surface area (Å²) in [5, 5.41) is 12.6. The normalized spacial score (nSPS) is 19.0. The van der Waals surface area contributed by atoms with Gasteiger partial charge in [0.05, 0.1) is 28.9 Å². The van der Waals surface area contributed by atoms with Gasteiger partial charge in [-0.1, -0.05) is 12.1 Å². The van der Waals surface area contributed by atoms with Gasteiger partial charge in [0.2, 0.25) is 11.8 Å². The first-order valence-electron chi connectivity index (χ1n) is 13.8. The molecule has 3 aromatic rings. The SMILES string of the molecule is N#Cc1ccc(N2CCC(Sc3ccc(COc4cccc5c4CN(C4CCC(=O)NC4=O)C5=O)cn3)CC2)c(F)c1. The monoisotopic (exact) mass is 585 g/mol. The highest BCUT2D eigenvalue weighted by Gasteiger charge is 2.40. The first kappa shape index (κ1) is 27.7. The molecule has 1 atom stereocenters. The van der Waals surface area contributed by atoms with E-state index in [-0.39, 0.29) is 37.2 Å². The van der Waals surface area contributed by atoms with E-state index in [1.807, 2.05) is 29.2 Å². The molecule has 11 heteroatoms. The number of nitrogens with zero attached hydrogens (tertiary/aromatic N) is 4. The van der Waals surface area contributed by atoms with Crippen molar-refractivity contribution in [3.05, 3.63) is 82.8 Å². The van der Waals surface area contributed by atoms with Crippen LogP contribution in [-0.2, 0) is 22.7 Å². The van der Waals surface area contributed by atoms with Gasteiger partial charge in [-0.15, -0.1) is 11.8 Å². The third-order valence-electron chi connectivity index (χ3n) is 7.88. The molecule has 42 heavy (non-hydrogen) atoms. The number of nitrogens with one attached hydrogen (secondary N) is 1. The Bertz CT molecular complexity index is 1580. The number of rotatable bonds is 7. The molecular formula is C31H28FN5O4S. The summed E-state index contributed by atoms with van der Waals surface area (Å²) in [4.78, 5) is 45.1. The summed E-state index contributed by atoms with van der Waals surface area (Å²) in [7, 11) is 0. The van der Waals surface area contributed by atoms with Gasteiger partial charge in [0, 0.05) is 47.6 Å². The Morgan fingerprint density at radius 1 is 1.10 bits per heavy atom. The number of hydrogen-bond donors (Lipinski definition) is 1. The highest BCUT2D eigenvalue weighted by molar-refractivity contribution is 7.99. The quantitative estimate of drug-likeness (QED) is 0.411. The Kier molecular flexibility index (Phi) is 7.80. The van der Waals surface area contributed by atoms with Crippen LogP contribution in [0.15, 0.2) is 59.8 Å². The second kappa shape index (κ2) is 11.8. The lowest BCUT2D eigenvalue weighted by Crippen LogP contribution is -2.52. The summed E-state index contributed by atoms with van der Waals surface area (Å²) in [6.45, 7) is 1.99. The molecule has 0 saturated carbocycles. The Balaban J connectivity index is 1.02. The number of pyridine rings is 1. The lowest BCUT2D eigenvalue weighted by Gasteiger charge is -2.33. The van der Waals surface area contributed by atoms with Gasteiger partial charge in [-0.2, -0.15) is 5.26 Å². The number of benzene rings is 2. The lowest BCUT2D eigenvalue weighted by atomic mass is 10.0. The van der Waals surface area contributed by atoms with E-state index in [2.05, 4.69) is 10.3 Å². The fraction of sp³-hybridized carbons (Fsp3) is 0.323. The molecule has 3 amide bonds. The van der Waals surface area contributed by atoms with Crippen LogP contribution in [-0.4, -0.2) is 52.0 Å². The molecule has 0 radical (unpaired) electrons. The van der Waals surface area contributed by atoms with E-state index < -0.39 is 11.9 Å². The minimum absolute atomic E-state index is 0.207. The smallest absolute Gasteiger partial charge is 0.255 e. The van der Waals surface area contributed by atoms with Crippen molar-refractivity contribution in [2.45, 2.75) is 55.2 Å². The second-order valence-corrected chi connectivity index (χ2v) is 11.9. The van der Waals surface area contributed by atoms with Gasteiger partial charge in [0.25, 0.3) is 5.91 Å². The van der Waals surface area contributed by atoms with Crippen molar-refractivity contribution < 1.29 is 23.5 Å². The van der Waals surface area contributed by atoms with Crippen molar-refractivity contribution in [3.63, 3.8) is 0 Å². The van der Waals surface area contributed by atoms with Gasteiger partial charge in [-0.25, -0.2) is 9.37 Å². The number of thioether (sulfide) groups is 1. The Labute approximate surface area is 246 Å². The van der Waals surface area contributed by atoms with Crippen molar-refractivity contribution in [2.75, 3.05) is 18.0 Å². The summed E-state index contributed by atoms with van der Waals surface area (Å²) in [5.41, 5.74) is 2.99. The Morgan fingerprint density at radius 3 is 2.64 bits per heavy atom. The van der Waals surface area contributed by atoms with Crippen molar-refractivity contribution in [3.8, 4) is 11.8 Å². The van der Waals surface area contributed by atoms with Crippen LogP contribution in [0.25, 0.3) is 0 Å². The first-order valence-corrected chi connectivity index (χ1v) is 14.7. The number of carbonyl (C=O) groups excluding carboxylic acids is 3. The van der Waals surface area contributed by atoms with Crippen LogP contribution in [0.3, 0.4) is 0 Å². The summed E-state index contributed by atoms with van der Waals surface area (Å²) < 4.78 is 20.5. The fourth-order valence-electron chi connectivity index (χ4n) is 5.64. The summed E-state index contributed by atoms with van der Waals surface area (Å²) in [6.07, 6.45) is 4.09. The molecule has 1 unspecified atom stereocenters. The van der Waals surface area contributed by atoms with Crippen molar-refractivity contribution in [1.29, 1.82) is 5.26 Å². The Hall–Kier alpha value is -4.43. The predicted octanol–water partition coefficient (Wildman–Crippen LogP) is 4.19. The van der Waals surface area contributed by atoms with E-state index in [4.69, 9.17) is 10.00 Å². The predicted molar refractivity (Wildman–Crippen MR) is 153 cm³/mol. The van der Waals surface area contributed by atoms with E-state index in [0.29, 0.717) is 34.2 Å². The van der Waals surface area contributed by atoms with Crippen LogP contribution in [0.2, 0.25) is 0 Å². The number of anilines is 1. The highest BCUT2D eigenvalue weighted by Crippen LogP contribution is 2.35. The summed E-state index contributed by atoms with van der Waals surface area (Å²) in [6, 6.07) is 15.2. The van der Waals surface area contributed by atoms with Crippen LogP contribution in [0.5, 0.6) is 5.75 Å². The molecule has 3 aliphatic rings. The number of nitriles is 1. The van der Waals surface area contributed by atoms with Gasteiger partial charge in [-0.05, 0) is 55.7 Å². The third-order valence-corrected chi connectivity index (χ3v) is 9.17. The zero-order chi connectivity index (χ0) is 29.2. The number of halogens is 1. The number of fused-ring (bicyclic) bond motifs is 1.